The minimum absolute atomic E-state index is 0.387. The lowest BCUT2D eigenvalue weighted by molar-refractivity contribution is 0.613. The Hall–Kier alpha value is -2.33. The summed E-state index contributed by atoms with van der Waals surface area (Å²) in [6.07, 6.45) is 1.18. The fraction of sp³-hybridized carbons (Fsp3) is 0.0526. The highest BCUT2D eigenvalue weighted by atomic mass is 79.9. The summed E-state index contributed by atoms with van der Waals surface area (Å²) in [5.41, 5.74) is 3.45. The maximum atomic E-state index is 13.6. The molecule has 3 rings (SSSR count). The number of benzene rings is 2. The molecular weight excluding hydrogens is 355 g/mol. The summed E-state index contributed by atoms with van der Waals surface area (Å²) >= 11 is 3.25. The summed E-state index contributed by atoms with van der Waals surface area (Å²) < 4.78 is 14.0. The van der Waals surface area contributed by atoms with Crippen molar-refractivity contribution in [2.75, 3.05) is 0 Å². The van der Waals surface area contributed by atoms with Crippen molar-refractivity contribution in [2.24, 2.45) is 4.99 Å². The van der Waals surface area contributed by atoms with Crippen LogP contribution in [0.3, 0.4) is 0 Å². The summed E-state index contributed by atoms with van der Waals surface area (Å²) in [6.45, 7) is 1.80. The van der Waals surface area contributed by atoms with Crippen LogP contribution in [0.2, 0.25) is 0 Å². The Kier molecular flexibility index (Phi) is 4.63. The molecular formula is C19H14BrFN2. The van der Waals surface area contributed by atoms with Gasteiger partial charge in [-0.3, -0.25) is 0 Å². The summed E-state index contributed by atoms with van der Waals surface area (Å²) in [5.74, 6) is 0.114. The molecule has 0 saturated carbocycles. The van der Waals surface area contributed by atoms with Crippen molar-refractivity contribution in [1.82, 2.24) is 4.98 Å². The van der Waals surface area contributed by atoms with Gasteiger partial charge < -0.3 is 0 Å². The maximum absolute atomic E-state index is 13.6. The Labute approximate surface area is 142 Å². The van der Waals surface area contributed by atoms with Crippen molar-refractivity contribution >= 4 is 27.5 Å². The van der Waals surface area contributed by atoms with Crippen molar-refractivity contribution in [1.29, 1.82) is 0 Å². The maximum Gasteiger partial charge on any atom is 0.156 e. The van der Waals surface area contributed by atoms with Crippen LogP contribution >= 0.6 is 15.9 Å². The standard InChI is InChI=1S/C19H14BrFN2/c1-13-17(20)16(21)12-22-19(13)23-18(14-8-4-2-5-9-14)15-10-6-3-7-11-15/h2-12H,1H3. The largest absolute Gasteiger partial charge is 0.234 e. The third-order valence-corrected chi connectivity index (χ3v) is 4.46. The van der Waals surface area contributed by atoms with Crippen LogP contribution in [0.4, 0.5) is 10.2 Å². The average Bonchev–Trinajstić information content (AvgIpc) is 2.61. The molecule has 1 aromatic heterocycles. The Bertz CT molecular complexity index is 805. The number of halogens is 2. The van der Waals surface area contributed by atoms with Crippen molar-refractivity contribution in [3.63, 3.8) is 0 Å². The van der Waals surface area contributed by atoms with E-state index in [0.29, 0.717) is 15.9 Å². The lowest BCUT2D eigenvalue weighted by Crippen LogP contribution is -2.03. The first-order valence-electron chi connectivity index (χ1n) is 7.17. The second-order valence-corrected chi connectivity index (χ2v) is 5.85. The van der Waals surface area contributed by atoms with Crippen molar-refractivity contribution in [3.05, 3.63) is 93.8 Å². The molecule has 0 fully saturated rings. The average molecular weight is 369 g/mol. The van der Waals surface area contributed by atoms with Crippen LogP contribution in [-0.4, -0.2) is 10.7 Å². The smallest absolute Gasteiger partial charge is 0.156 e. The molecule has 3 aromatic rings. The number of pyridine rings is 1. The highest BCUT2D eigenvalue weighted by Crippen LogP contribution is 2.27. The first-order chi connectivity index (χ1) is 11.2. The lowest BCUT2D eigenvalue weighted by atomic mass is 10.0. The van der Waals surface area contributed by atoms with E-state index in [0.717, 1.165) is 16.8 Å². The van der Waals surface area contributed by atoms with Gasteiger partial charge in [0.1, 0.15) is 0 Å². The third-order valence-electron chi connectivity index (χ3n) is 3.49. The molecule has 0 bridgehead atoms. The predicted molar refractivity (Wildman–Crippen MR) is 94.8 cm³/mol. The fourth-order valence-electron chi connectivity index (χ4n) is 2.26. The van der Waals surface area contributed by atoms with E-state index in [9.17, 15) is 4.39 Å². The van der Waals surface area contributed by atoms with Gasteiger partial charge in [0, 0.05) is 16.7 Å². The van der Waals surface area contributed by atoms with E-state index in [1.54, 1.807) is 6.92 Å². The second kappa shape index (κ2) is 6.84. The number of hydrogen-bond acceptors (Lipinski definition) is 2. The number of rotatable bonds is 3. The third kappa shape index (κ3) is 3.37. The van der Waals surface area contributed by atoms with Crippen molar-refractivity contribution in [3.8, 4) is 0 Å². The Balaban J connectivity index is 2.19. The summed E-state index contributed by atoms with van der Waals surface area (Å²) in [4.78, 5) is 8.85. The first kappa shape index (κ1) is 15.6. The molecule has 0 atom stereocenters. The van der Waals surface area contributed by atoms with Crippen LogP contribution in [-0.2, 0) is 0 Å². The quantitative estimate of drug-likeness (QED) is 0.563. The normalized spacial score (nSPS) is 10.4. The molecule has 0 unspecified atom stereocenters. The molecule has 114 valence electrons. The van der Waals surface area contributed by atoms with E-state index >= 15 is 0 Å². The molecule has 0 amide bonds. The van der Waals surface area contributed by atoms with Gasteiger partial charge in [0.05, 0.1) is 16.4 Å². The van der Waals surface area contributed by atoms with E-state index in [1.165, 1.54) is 6.20 Å². The van der Waals surface area contributed by atoms with Gasteiger partial charge in [0.2, 0.25) is 0 Å². The zero-order valence-electron chi connectivity index (χ0n) is 12.5. The van der Waals surface area contributed by atoms with Crippen molar-refractivity contribution in [2.45, 2.75) is 6.92 Å². The zero-order valence-corrected chi connectivity index (χ0v) is 14.1. The van der Waals surface area contributed by atoms with Crippen LogP contribution in [0.5, 0.6) is 0 Å². The SMILES string of the molecule is Cc1c(N=C(c2ccccc2)c2ccccc2)ncc(F)c1Br. The van der Waals surface area contributed by atoms with Crippen LogP contribution in [0.15, 0.2) is 76.3 Å². The second-order valence-electron chi connectivity index (χ2n) is 5.06. The minimum Gasteiger partial charge on any atom is -0.234 e. The first-order valence-corrected chi connectivity index (χ1v) is 7.96. The van der Waals surface area contributed by atoms with E-state index in [4.69, 9.17) is 4.99 Å². The molecule has 0 N–H and O–H groups in total. The molecule has 0 spiro atoms. The number of aromatic nitrogens is 1. The molecule has 2 aromatic carbocycles. The zero-order chi connectivity index (χ0) is 16.2. The van der Waals surface area contributed by atoms with E-state index in [-0.39, 0.29) is 5.82 Å². The van der Waals surface area contributed by atoms with E-state index < -0.39 is 0 Å². The molecule has 23 heavy (non-hydrogen) atoms. The van der Waals surface area contributed by atoms with Gasteiger partial charge in [-0.25, -0.2) is 14.4 Å². The number of hydrogen-bond donors (Lipinski definition) is 0. The van der Waals surface area contributed by atoms with E-state index in [2.05, 4.69) is 20.9 Å². The summed E-state index contributed by atoms with van der Waals surface area (Å²) in [6, 6.07) is 19.8. The monoisotopic (exact) mass is 368 g/mol. The highest BCUT2D eigenvalue weighted by Gasteiger charge is 2.12. The van der Waals surface area contributed by atoms with Crippen molar-refractivity contribution < 1.29 is 4.39 Å². The van der Waals surface area contributed by atoms with Gasteiger partial charge in [-0.15, -0.1) is 0 Å². The fourth-order valence-corrected chi connectivity index (χ4v) is 2.53. The van der Waals surface area contributed by atoms with Crippen LogP contribution in [0.1, 0.15) is 16.7 Å². The Morgan fingerprint density at radius 3 is 2.00 bits per heavy atom. The lowest BCUT2D eigenvalue weighted by Gasteiger charge is -2.09. The molecule has 0 aliphatic rings. The van der Waals surface area contributed by atoms with Gasteiger partial charge in [-0.05, 0) is 22.9 Å². The molecule has 0 radical (unpaired) electrons. The van der Waals surface area contributed by atoms with Gasteiger partial charge >= 0.3 is 0 Å². The highest BCUT2D eigenvalue weighted by molar-refractivity contribution is 9.10. The van der Waals surface area contributed by atoms with Gasteiger partial charge in [0.25, 0.3) is 0 Å². The van der Waals surface area contributed by atoms with Crippen LogP contribution in [0, 0.1) is 12.7 Å². The molecule has 1 heterocycles. The number of nitrogens with zero attached hydrogens (tertiary/aromatic N) is 2. The minimum atomic E-state index is -0.387. The van der Waals surface area contributed by atoms with Gasteiger partial charge in [-0.2, -0.15) is 0 Å². The molecule has 0 aliphatic heterocycles. The molecule has 2 nitrogen and oxygen atoms in total. The summed E-state index contributed by atoms with van der Waals surface area (Å²) in [5, 5.41) is 0. The molecule has 0 aliphatic carbocycles. The number of aliphatic imine (C=N–C) groups is 1. The Morgan fingerprint density at radius 2 is 1.48 bits per heavy atom. The predicted octanol–water partition coefficient (Wildman–Crippen LogP) is 5.46. The molecule has 4 heteroatoms. The van der Waals surface area contributed by atoms with Gasteiger partial charge in [0.15, 0.2) is 11.6 Å². The Morgan fingerprint density at radius 1 is 0.957 bits per heavy atom. The summed E-state index contributed by atoms with van der Waals surface area (Å²) in [7, 11) is 0. The van der Waals surface area contributed by atoms with E-state index in [1.807, 2.05) is 60.7 Å². The van der Waals surface area contributed by atoms with Crippen LogP contribution < -0.4 is 0 Å². The van der Waals surface area contributed by atoms with Gasteiger partial charge in [-0.1, -0.05) is 60.7 Å². The van der Waals surface area contributed by atoms with Crippen LogP contribution in [0.25, 0.3) is 0 Å². The molecule has 0 saturated heterocycles. The topological polar surface area (TPSA) is 25.2 Å².